The van der Waals surface area contributed by atoms with Crippen molar-refractivity contribution >= 4 is 23.1 Å². The molecule has 1 fully saturated rings. The SMILES string of the molecule is Cc1nc(Cl)nc(NCC2CCOC2)c1N. The van der Waals surface area contributed by atoms with E-state index in [0.717, 1.165) is 26.2 Å². The van der Waals surface area contributed by atoms with E-state index in [4.69, 9.17) is 22.1 Å². The molecule has 16 heavy (non-hydrogen) atoms. The molecule has 0 amide bonds. The summed E-state index contributed by atoms with van der Waals surface area (Å²) >= 11 is 5.78. The molecule has 1 aromatic rings. The van der Waals surface area contributed by atoms with Crippen LogP contribution >= 0.6 is 11.6 Å². The third-order valence-electron chi connectivity index (χ3n) is 2.69. The normalized spacial score (nSPS) is 20.0. The maximum atomic E-state index is 5.86. The molecule has 0 aromatic carbocycles. The third-order valence-corrected chi connectivity index (χ3v) is 2.86. The molecule has 0 radical (unpaired) electrons. The van der Waals surface area contributed by atoms with E-state index in [9.17, 15) is 0 Å². The molecule has 88 valence electrons. The predicted octanol–water partition coefficient (Wildman–Crippen LogP) is 1.47. The van der Waals surface area contributed by atoms with E-state index in [-0.39, 0.29) is 5.28 Å². The molecule has 1 atom stereocenters. The Morgan fingerprint density at radius 1 is 1.56 bits per heavy atom. The molecule has 1 aliphatic rings. The fourth-order valence-electron chi connectivity index (χ4n) is 1.67. The van der Waals surface area contributed by atoms with Gasteiger partial charge in [-0.1, -0.05) is 0 Å². The lowest BCUT2D eigenvalue weighted by molar-refractivity contribution is 0.187. The van der Waals surface area contributed by atoms with E-state index in [2.05, 4.69) is 15.3 Å². The second kappa shape index (κ2) is 4.84. The van der Waals surface area contributed by atoms with Gasteiger partial charge in [-0.3, -0.25) is 0 Å². The zero-order valence-corrected chi connectivity index (χ0v) is 9.92. The molecule has 1 aromatic heterocycles. The number of hydrogen-bond acceptors (Lipinski definition) is 5. The van der Waals surface area contributed by atoms with Crippen LogP contribution in [0.1, 0.15) is 12.1 Å². The number of aryl methyl sites for hydroxylation is 1. The summed E-state index contributed by atoms with van der Waals surface area (Å²) in [6, 6.07) is 0. The lowest BCUT2D eigenvalue weighted by atomic mass is 10.1. The standard InChI is InChI=1S/C10H15ClN4O/c1-6-8(12)9(15-10(11)14-6)13-4-7-2-3-16-5-7/h7H,2-5,12H2,1H3,(H,13,14,15). The number of nitrogens with zero attached hydrogens (tertiary/aromatic N) is 2. The first-order chi connectivity index (χ1) is 7.66. The minimum absolute atomic E-state index is 0.219. The highest BCUT2D eigenvalue weighted by atomic mass is 35.5. The molecule has 0 bridgehead atoms. The number of nitrogens with two attached hydrogens (primary N) is 1. The number of ether oxygens (including phenoxy) is 1. The molecule has 6 heteroatoms. The summed E-state index contributed by atoms with van der Waals surface area (Å²) in [5.74, 6) is 1.14. The highest BCUT2D eigenvalue weighted by molar-refractivity contribution is 6.28. The van der Waals surface area contributed by atoms with E-state index in [1.807, 2.05) is 6.92 Å². The van der Waals surface area contributed by atoms with Crippen LogP contribution in [-0.4, -0.2) is 29.7 Å². The molecular formula is C10H15ClN4O. The number of aromatic nitrogens is 2. The van der Waals surface area contributed by atoms with Gasteiger partial charge >= 0.3 is 0 Å². The Morgan fingerprint density at radius 3 is 3.06 bits per heavy atom. The molecule has 1 saturated heterocycles. The Balaban J connectivity index is 2.02. The smallest absolute Gasteiger partial charge is 0.224 e. The number of rotatable bonds is 3. The van der Waals surface area contributed by atoms with Crippen molar-refractivity contribution in [2.24, 2.45) is 5.92 Å². The average Bonchev–Trinajstić information content (AvgIpc) is 2.74. The zero-order chi connectivity index (χ0) is 11.5. The number of nitrogen functional groups attached to an aromatic ring is 1. The Bertz CT molecular complexity index is 379. The second-order valence-corrected chi connectivity index (χ2v) is 4.29. The second-order valence-electron chi connectivity index (χ2n) is 3.95. The third kappa shape index (κ3) is 2.54. The van der Waals surface area contributed by atoms with Crippen LogP contribution in [0.25, 0.3) is 0 Å². The molecule has 1 unspecified atom stereocenters. The lowest BCUT2D eigenvalue weighted by Gasteiger charge is -2.12. The molecule has 1 aliphatic heterocycles. The van der Waals surface area contributed by atoms with E-state index >= 15 is 0 Å². The number of nitrogens with one attached hydrogen (secondary N) is 1. The van der Waals surface area contributed by atoms with Gasteiger partial charge in [0, 0.05) is 19.1 Å². The molecular weight excluding hydrogens is 228 g/mol. The summed E-state index contributed by atoms with van der Waals surface area (Å²) in [4.78, 5) is 8.05. The molecule has 2 rings (SSSR count). The van der Waals surface area contributed by atoms with Gasteiger partial charge in [-0.15, -0.1) is 0 Å². The molecule has 0 saturated carbocycles. The van der Waals surface area contributed by atoms with Crippen molar-refractivity contribution in [2.75, 3.05) is 30.8 Å². The van der Waals surface area contributed by atoms with Crippen LogP contribution in [0, 0.1) is 12.8 Å². The fourth-order valence-corrected chi connectivity index (χ4v) is 1.88. The Hall–Kier alpha value is -1.07. The van der Waals surface area contributed by atoms with Crippen LogP contribution in [0.2, 0.25) is 5.28 Å². The van der Waals surface area contributed by atoms with E-state index < -0.39 is 0 Å². The maximum absolute atomic E-state index is 5.86. The Morgan fingerprint density at radius 2 is 2.38 bits per heavy atom. The van der Waals surface area contributed by atoms with Crippen LogP contribution in [0.5, 0.6) is 0 Å². The lowest BCUT2D eigenvalue weighted by Crippen LogP contribution is -2.16. The first kappa shape index (κ1) is 11.4. The number of anilines is 2. The van der Waals surface area contributed by atoms with E-state index in [1.165, 1.54) is 0 Å². The molecule has 3 N–H and O–H groups in total. The van der Waals surface area contributed by atoms with Gasteiger partial charge in [-0.25, -0.2) is 4.98 Å². The van der Waals surface area contributed by atoms with Crippen LogP contribution in [0.3, 0.4) is 0 Å². The Kier molecular flexibility index (Phi) is 3.46. The topological polar surface area (TPSA) is 73.1 Å². The van der Waals surface area contributed by atoms with Gasteiger partial charge in [0.1, 0.15) is 0 Å². The number of halogens is 1. The minimum Gasteiger partial charge on any atom is -0.394 e. The van der Waals surface area contributed by atoms with Gasteiger partial charge < -0.3 is 15.8 Å². The molecule has 0 aliphatic carbocycles. The summed E-state index contributed by atoms with van der Waals surface area (Å²) in [5, 5.41) is 3.42. The monoisotopic (exact) mass is 242 g/mol. The number of hydrogen-bond donors (Lipinski definition) is 2. The fraction of sp³-hybridized carbons (Fsp3) is 0.600. The molecule has 0 spiro atoms. The largest absolute Gasteiger partial charge is 0.394 e. The van der Waals surface area contributed by atoms with Crippen LogP contribution in [0.15, 0.2) is 0 Å². The van der Waals surface area contributed by atoms with Crippen molar-refractivity contribution in [1.82, 2.24) is 9.97 Å². The first-order valence-electron chi connectivity index (χ1n) is 5.28. The van der Waals surface area contributed by atoms with Crippen molar-refractivity contribution in [1.29, 1.82) is 0 Å². The minimum atomic E-state index is 0.219. The van der Waals surface area contributed by atoms with Gasteiger partial charge in [0.05, 0.1) is 18.0 Å². The van der Waals surface area contributed by atoms with Crippen molar-refractivity contribution in [2.45, 2.75) is 13.3 Å². The average molecular weight is 243 g/mol. The van der Waals surface area contributed by atoms with Gasteiger partial charge in [0.2, 0.25) is 5.28 Å². The van der Waals surface area contributed by atoms with Crippen molar-refractivity contribution in [3.05, 3.63) is 11.0 Å². The highest BCUT2D eigenvalue weighted by Gasteiger charge is 2.16. The van der Waals surface area contributed by atoms with Gasteiger partial charge in [-0.05, 0) is 24.9 Å². The Labute approximate surface area is 99.4 Å². The van der Waals surface area contributed by atoms with Crippen molar-refractivity contribution < 1.29 is 4.74 Å². The van der Waals surface area contributed by atoms with Crippen LogP contribution in [-0.2, 0) is 4.74 Å². The maximum Gasteiger partial charge on any atom is 0.224 e. The van der Waals surface area contributed by atoms with Gasteiger partial charge in [0.25, 0.3) is 0 Å². The summed E-state index contributed by atoms with van der Waals surface area (Å²) in [7, 11) is 0. The summed E-state index contributed by atoms with van der Waals surface area (Å²) in [6.45, 7) is 4.25. The first-order valence-corrected chi connectivity index (χ1v) is 5.66. The summed E-state index contributed by atoms with van der Waals surface area (Å²) < 4.78 is 5.29. The van der Waals surface area contributed by atoms with Gasteiger partial charge in [0.15, 0.2) is 5.82 Å². The molecule has 5 nitrogen and oxygen atoms in total. The van der Waals surface area contributed by atoms with Crippen molar-refractivity contribution in [3.63, 3.8) is 0 Å². The molecule has 2 heterocycles. The summed E-state index contributed by atoms with van der Waals surface area (Å²) in [5.41, 5.74) is 7.12. The van der Waals surface area contributed by atoms with Crippen molar-refractivity contribution in [3.8, 4) is 0 Å². The zero-order valence-electron chi connectivity index (χ0n) is 9.16. The highest BCUT2D eigenvalue weighted by Crippen LogP contribution is 2.21. The van der Waals surface area contributed by atoms with E-state index in [0.29, 0.717) is 23.1 Å². The van der Waals surface area contributed by atoms with Crippen LogP contribution in [0.4, 0.5) is 11.5 Å². The quantitative estimate of drug-likeness (QED) is 0.786. The predicted molar refractivity (Wildman–Crippen MR) is 63.6 cm³/mol. The summed E-state index contributed by atoms with van der Waals surface area (Å²) in [6.07, 6.45) is 1.07. The van der Waals surface area contributed by atoms with Gasteiger partial charge in [-0.2, -0.15) is 4.98 Å². The van der Waals surface area contributed by atoms with E-state index in [1.54, 1.807) is 0 Å². The van der Waals surface area contributed by atoms with Crippen LogP contribution < -0.4 is 11.1 Å².